The molecule has 22 heavy (non-hydrogen) atoms. The summed E-state index contributed by atoms with van der Waals surface area (Å²) in [6.45, 7) is 2.70. The summed E-state index contributed by atoms with van der Waals surface area (Å²) in [4.78, 5) is 4.52. The Balaban J connectivity index is 1.79. The molecule has 1 N–H and O–H groups in total. The number of nitrogens with zero attached hydrogens (tertiary/aromatic N) is 1. The minimum Gasteiger partial charge on any atom is -0.496 e. The molecule has 1 aromatic heterocycles. The van der Waals surface area contributed by atoms with Gasteiger partial charge in [0, 0.05) is 23.8 Å². The molecule has 0 atom stereocenters. The molecule has 0 amide bonds. The largest absolute Gasteiger partial charge is 0.496 e. The maximum absolute atomic E-state index is 5.76. The second-order valence-electron chi connectivity index (χ2n) is 5.06. The number of nitrogens with one attached hydrogen (secondary N) is 1. The van der Waals surface area contributed by atoms with Gasteiger partial charge >= 0.3 is 0 Å². The fourth-order valence-electron chi connectivity index (χ4n) is 2.27. The van der Waals surface area contributed by atoms with E-state index < -0.39 is 0 Å². The van der Waals surface area contributed by atoms with E-state index in [1.54, 1.807) is 7.11 Å². The zero-order chi connectivity index (χ0) is 15.6. The van der Waals surface area contributed by atoms with Crippen LogP contribution in [-0.2, 0) is 0 Å². The highest BCUT2D eigenvalue weighted by Crippen LogP contribution is 2.28. The van der Waals surface area contributed by atoms with Crippen molar-refractivity contribution in [2.24, 2.45) is 0 Å². The average Bonchev–Trinajstić information content (AvgIpc) is 2.56. The number of para-hydroxylation sites is 1. The molecule has 120 valence electrons. The first-order valence-electron chi connectivity index (χ1n) is 7.73. The number of unbranched alkanes of at least 4 members (excludes halogenated alkanes) is 2. The number of hydrogen-bond donors (Lipinski definition) is 2. The SMILES string of the molecule is COc1cc(OCCCCCNCCS)nc2ccccc12. The first kappa shape index (κ1) is 16.9. The molecule has 0 bridgehead atoms. The predicted octanol–water partition coefficient (Wildman–Crippen LogP) is 3.31. The van der Waals surface area contributed by atoms with Gasteiger partial charge in [0.1, 0.15) is 5.75 Å². The highest BCUT2D eigenvalue weighted by Gasteiger charge is 2.06. The lowest BCUT2D eigenvalue weighted by Gasteiger charge is -2.10. The first-order chi connectivity index (χ1) is 10.8. The highest BCUT2D eigenvalue weighted by atomic mass is 32.1. The smallest absolute Gasteiger partial charge is 0.217 e. The number of benzene rings is 1. The van der Waals surface area contributed by atoms with Gasteiger partial charge in [-0.25, -0.2) is 4.98 Å². The van der Waals surface area contributed by atoms with Crippen molar-refractivity contribution in [2.75, 3.05) is 32.6 Å². The van der Waals surface area contributed by atoms with E-state index >= 15 is 0 Å². The number of methoxy groups -OCH3 is 1. The summed E-state index contributed by atoms with van der Waals surface area (Å²) in [7, 11) is 1.67. The molecule has 0 radical (unpaired) electrons. The van der Waals surface area contributed by atoms with Gasteiger partial charge in [-0.15, -0.1) is 0 Å². The van der Waals surface area contributed by atoms with Crippen molar-refractivity contribution >= 4 is 23.5 Å². The molecular weight excluding hydrogens is 296 g/mol. The quantitative estimate of drug-likeness (QED) is 0.521. The number of pyridine rings is 1. The van der Waals surface area contributed by atoms with Crippen LogP contribution in [0.5, 0.6) is 11.6 Å². The van der Waals surface area contributed by atoms with Gasteiger partial charge in [-0.3, -0.25) is 0 Å². The molecule has 0 aliphatic rings. The molecule has 5 heteroatoms. The van der Waals surface area contributed by atoms with Gasteiger partial charge in [-0.05, 0) is 37.9 Å². The van der Waals surface area contributed by atoms with Crippen LogP contribution in [0.15, 0.2) is 30.3 Å². The molecular formula is C17H24N2O2S. The summed E-state index contributed by atoms with van der Waals surface area (Å²) < 4.78 is 11.2. The summed E-state index contributed by atoms with van der Waals surface area (Å²) in [5.41, 5.74) is 0.896. The predicted molar refractivity (Wildman–Crippen MR) is 94.4 cm³/mol. The van der Waals surface area contributed by atoms with Gasteiger partial charge in [0.2, 0.25) is 5.88 Å². The van der Waals surface area contributed by atoms with Gasteiger partial charge in [0.15, 0.2) is 0 Å². The van der Waals surface area contributed by atoms with Crippen LogP contribution >= 0.6 is 12.6 Å². The van der Waals surface area contributed by atoms with Crippen LogP contribution in [-0.4, -0.2) is 37.5 Å². The Morgan fingerprint density at radius 2 is 2.00 bits per heavy atom. The van der Waals surface area contributed by atoms with Crippen LogP contribution < -0.4 is 14.8 Å². The Hall–Kier alpha value is -1.46. The lowest BCUT2D eigenvalue weighted by atomic mass is 10.2. The van der Waals surface area contributed by atoms with E-state index in [1.165, 1.54) is 0 Å². The zero-order valence-corrected chi connectivity index (χ0v) is 13.9. The third-order valence-electron chi connectivity index (χ3n) is 3.41. The standard InChI is InChI=1S/C17H24N2O2S/c1-20-16-13-17(19-15-8-4-3-7-14(15)16)21-11-6-2-5-9-18-10-12-22/h3-4,7-8,13,18,22H,2,5-6,9-12H2,1H3. The van der Waals surface area contributed by atoms with Gasteiger partial charge in [0.25, 0.3) is 0 Å². The lowest BCUT2D eigenvalue weighted by Crippen LogP contribution is -2.17. The summed E-state index contributed by atoms with van der Waals surface area (Å²) in [5, 5.41) is 4.34. The topological polar surface area (TPSA) is 43.4 Å². The molecule has 0 aliphatic carbocycles. The average molecular weight is 320 g/mol. The molecule has 2 rings (SSSR count). The number of ether oxygens (including phenoxy) is 2. The monoisotopic (exact) mass is 320 g/mol. The Labute approximate surface area is 137 Å². The van der Waals surface area contributed by atoms with Crippen LogP contribution in [0.3, 0.4) is 0 Å². The van der Waals surface area contributed by atoms with Gasteiger partial charge in [-0.2, -0.15) is 12.6 Å². The van der Waals surface area contributed by atoms with Gasteiger partial charge < -0.3 is 14.8 Å². The lowest BCUT2D eigenvalue weighted by molar-refractivity contribution is 0.293. The molecule has 0 unspecified atom stereocenters. The van der Waals surface area contributed by atoms with Crippen LogP contribution in [0.1, 0.15) is 19.3 Å². The maximum Gasteiger partial charge on any atom is 0.217 e. The summed E-state index contributed by atoms with van der Waals surface area (Å²) in [6, 6.07) is 9.78. The van der Waals surface area contributed by atoms with E-state index in [4.69, 9.17) is 9.47 Å². The van der Waals surface area contributed by atoms with Crippen molar-refractivity contribution in [1.29, 1.82) is 0 Å². The van der Waals surface area contributed by atoms with E-state index in [-0.39, 0.29) is 0 Å². The van der Waals surface area contributed by atoms with E-state index in [9.17, 15) is 0 Å². The van der Waals surface area contributed by atoms with Crippen molar-refractivity contribution in [3.8, 4) is 11.6 Å². The molecule has 0 saturated heterocycles. The van der Waals surface area contributed by atoms with E-state index in [0.717, 1.165) is 54.8 Å². The molecule has 4 nitrogen and oxygen atoms in total. The Morgan fingerprint density at radius 1 is 1.14 bits per heavy atom. The third-order valence-corrected chi connectivity index (χ3v) is 3.63. The van der Waals surface area contributed by atoms with E-state index in [0.29, 0.717) is 12.5 Å². The second-order valence-corrected chi connectivity index (χ2v) is 5.51. The number of fused-ring (bicyclic) bond motifs is 1. The van der Waals surface area contributed by atoms with E-state index in [2.05, 4.69) is 22.9 Å². The summed E-state index contributed by atoms with van der Waals surface area (Å²) in [5.74, 6) is 2.32. The van der Waals surface area contributed by atoms with Gasteiger partial charge in [-0.1, -0.05) is 12.1 Å². The van der Waals surface area contributed by atoms with Crippen LogP contribution in [0, 0.1) is 0 Å². The molecule has 0 spiro atoms. The molecule has 0 aliphatic heterocycles. The molecule has 0 saturated carbocycles. The number of thiol groups is 1. The molecule has 1 heterocycles. The molecule has 0 fully saturated rings. The van der Waals surface area contributed by atoms with Crippen molar-refractivity contribution < 1.29 is 9.47 Å². The molecule has 2 aromatic rings. The van der Waals surface area contributed by atoms with Crippen molar-refractivity contribution in [3.63, 3.8) is 0 Å². The minimum absolute atomic E-state index is 0.628. The van der Waals surface area contributed by atoms with Gasteiger partial charge in [0.05, 0.1) is 19.2 Å². The Bertz CT molecular complexity index is 578. The zero-order valence-electron chi connectivity index (χ0n) is 13.0. The first-order valence-corrected chi connectivity index (χ1v) is 8.36. The van der Waals surface area contributed by atoms with Crippen molar-refractivity contribution in [2.45, 2.75) is 19.3 Å². The number of hydrogen-bond acceptors (Lipinski definition) is 5. The van der Waals surface area contributed by atoms with Crippen LogP contribution in [0.25, 0.3) is 10.9 Å². The second kappa shape index (κ2) is 9.54. The fraction of sp³-hybridized carbons (Fsp3) is 0.471. The number of aromatic nitrogens is 1. The highest BCUT2D eigenvalue weighted by molar-refractivity contribution is 7.80. The van der Waals surface area contributed by atoms with Crippen LogP contribution in [0.4, 0.5) is 0 Å². The maximum atomic E-state index is 5.76. The minimum atomic E-state index is 0.628. The summed E-state index contributed by atoms with van der Waals surface area (Å²) >= 11 is 4.16. The van der Waals surface area contributed by atoms with E-state index in [1.807, 2.05) is 30.3 Å². The third kappa shape index (κ3) is 5.07. The van der Waals surface area contributed by atoms with Crippen LogP contribution in [0.2, 0.25) is 0 Å². The van der Waals surface area contributed by atoms with Crippen molar-refractivity contribution in [1.82, 2.24) is 10.3 Å². The summed E-state index contributed by atoms with van der Waals surface area (Å²) in [6.07, 6.45) is 3.33. The molecule has 1 aromatic carbocycles. The normalized spacial score (nSPS) is 10.8. The Morgan fingerprint density at radius 3 is 2.82 bits per heavy atom. The Kier molecular flexibility index (Phi) is 7.33. The van der Waals surface area contributed by atoms with Crippen molar-refractivity contribution in [3.05, 3.63) is 30.3 Å². The fourth-order valence-corrected chi connectivity index (χ4v) is 2.43. The number of rotatable bonds is 10.